The lowest BCUT2D eigenvalue weighted by molar-refractivity contribution is -0.131. The zero-order valence-corrected chi connectivity index (χ0v) is 11.8. The van der Waals surface area contributed by atoms with Crippen LogP contribution in [0.3, 0.4) is 0 Å². The molecule has 0 aliphatic carbocycles. The molecule has 0 aromatic carbocycles. The number of hydrogen-bond acceptors (Lipinski definition) is 3. The van der Waals surface area contributed by atoms with E-state index in [1.807, 2.05) is 18.8 Å². The lowest BCUT2D eigenvalue weighted by atomic mass is 10.2. The predicted molar refractivity (Wildman–Crippen MR) is 73.5 cm³/mol. The van der Waals surface area contributed by atoms with E-state index in [-0.39, 0.29) is 12.4 Å². The van der Waals surface area contributed by atoms with Crippen LogP contribution in [0.25, 0.3) is 0 Å². The van der Waals surface area contributed by atoms with Gasteiger partial charge in [-0.15, -0.1) is 12.4 Å². The monoisotopic (exact) mass is 266 g/mol. The Hall–Kier alpha value is 0.0700. The summed E-state index contributed by atoms with van der Waals surface area (Å²) in [5.74, 6) is 1.44. The van der Waals surface area contributed by atoms with Crippen molar-refractivity contribution in [3.63, 3.8) is 0 Å². The van der Waals surface area contributed by atoms with Gasteiger partial charge in [0.1, 0.15) is 0 Å². The Bertz CT molecular complexity index is 204. The number of carbonyl (C=O) groups is 1. The van der Waals surface area contributed by atoms with E-state index in [0.717, 1.165) is 38.1 Å². The first-order chi connectivity index (χ1) is 7.29. The highest BCUT2D eigenvalue weighted by Crippen LogP contribution is 2.18. The van der Waals surface area contributed by atoms with E-state index >= 15 is 0 Å². The summed E-state index contributed by atoms with van der Waals surface area (Å²) in [6.07, 6.45) is 6.16. The van der Waals surface area contributed by atoms with Crippen LogP contribution in [0.15, 0.2) is 0 Å². The smallest absolute Gasteiger partial charge is 0.222 e. The van der Waals surface area contributed by atoms with Crippen molar-refractivity contribution in [3.05, 3.63) is 0 Å². The summed E-state index contributed by atoms with van der Waals surface area (Å²) in [5, 5.41) is 3.16. The molecule has 1 atom stereocenters. The van der Waals surface area contributed by atoms with Crippen LogP contribution in [0.2, 0.25) is 0 Å². The fraction of sp³-hybridized carbons (Fsp3) is 0.909. The van der Waals surface area contributed by atoms with Crippen LogP contribution in [0.1, 0.15) is 25.7 Å². The highest BCUT2D eigenvalue weighted by Gasteiger charge is 2.27. The molecule has 0 aromatic heterocycles. The molecular formula is C11H23ClN2OS. The molecular weight excluding hydrogens is 244 g/mol. The van der Waals surface area contributed by atoms with Crippen molar-refractivity contribution in [2.45, 2.75) is 31.7 Å². The highest BCUT2D eigenvalue weighted by atomic mass is 35.5. The summed E-state index contributed by atoms with van der Waals surface area (Å²) in [5.41, 5.74) is 0. The van der Waals surface area contributed by atoms with Gasteiger partial charge < -0.3 is 10.2 Å². The number of halogens is 1. The molecule has 1 aliphatic rings. The van der Waals surface area contributed by atoms with Crippen LogP contribution in [-0.2, 0) is 4.79 Å². The highest BCUT2D eigenvalue weighted by molar-refractivity contribution is 7.98. The molecule has 0 saturated carbocycles. The second kappa shape index (κ2) is 9.14. The number of nitrogens with one attached hydrogen (secondary N) is 1. The van der Waals surface area contributed by atoms with Crippen molar-refractivity contribution in [1.29, 1.82) is 0 Å². The molecule has 1 saturated heterocycles. The Morgan fingerprint density at radius 3 is 2.94 bits per heavy atom. The molecule has 1 heterocycles. The third-order valence-electron chi connectivity index (χ3n) is 2.88. The fourth-order valence-electron chi connectivity index (χ4n) is 2.12. The zero-order chi connectivity index (χ0) is 11.1. The molecule has 96 valence electrons. The normalized spacial score (nSPS) is 19.6. The topological polar surface area (TPSA) is 32.3 Å². The number of likely N-dealkylation sites (N-methyl/N-ethyl adjacent to an activating group) is 1. The first kappa shape index (κ1) is 16.1. The second-order valence-corrected chi connectivity index (χ2v) is 5.02. The number of amides is 1. The number of rotatable bonds is 6. The molecule has 5 heteroatoms. The lowest BCUT2D eigenvalue weighted by Gasteiger charge is -2.24. The van der Waals surface area contributed by atoms with Crippen molar-refractivity contribution in [2.24, 2.45) is 0 Å². The molecule has 3 nitrogen and oxygen atoms in total. The van der Waals surface area contributed by atoms with Gasteiger partial charge in [0.05, 0.1) is 0 Å². The molecule has 16 heavy (non-hydrogen) atoms. The van der Waals surface area contributed by atoms with Crippen LogP contribution in [0.5, 0.6) is 0 Å². The van der Waals surface area contributed by atoms with Gasteiger partial charge in [0.25, 0.3) is 0 Å². The quantitative estimate of drug-likeness (QED) is 0.744. The zero-order valence-electron chi connectivity index (χ0n) is 10.2. The first-order valence-corrected chi connectivity index (χ1v) is 7.12. The Labute approximate surface area is 109 Å². The van der Waals surface area contributed by atoms with Crippen molar-refractivity contribution >= 4 is 30.1 Å². The minimum absolute atomic E-state index is 0. The van der Waals surface area contributed by atoms with Gasteiger partial charge >= 0.3 is 0 Å². The minimum atomic E-state index is 0. The molecule has 1 rings (SSSR count). The summed E-state index contributed by atoms with van der Waals surface area (Å²) in [6.45, 7) is 1.90. The predicted octanol–water partition coefficient (Wildman–Crippen LogP) is 1.76. The average Bonchev–Trinajstić information content (AvgIpc) is 2.67. The van der Waals surface area contributed by atoms with Crippen molar-refractivity contribution < 1.29 is 4.79 Å². The summed E-state index contributed by atoms with van der Waals surface area (Å²) in [4.78, 5) is 14.0. The Kier molecular flexibility index (Phi) is 9.18. The maximum Gasteiger partial charge on any atom is 0.222 e. The van der Waals surface area contributed by atoms with E-state index < -0.39 is 0 Å². The van der Waals surface area contributed by atoms with Gasteiger partial charge in [-0.3, -0.25) is 4.79 Å². The van der Waals surface area contributed by atoms with E-state index in [2.05, 4.69) is 16.5 Å². The van der Waals surface area contributed by atoms with Gasteiger partial charge in [0, 0.05) is 25.6 Å². The van der Waals surface area contributed by atoms with E-state index in [0.29, 0.717) is 11.9 Å². The number of hydrogen-bond donors (Lipinski definition) is 1. The second-order valence-electron chi connectivity index (χ2n) is 4.04. The Morgan fingerprint density at radius 1 is 1.56 bits per heavy atom. The summed E-state index contributed by atoms with van der Waals surface area (Å²) >= 11 is 1.81. The summed E-state index contributed by atoms with van der Waals surface area (Å²) in [6, 6.07) is 0.441. The summed E-state index contributed by atoms with van der Waals surface area (Å²) in [7, 11) is 1.95. The first-order valence-electron chi connectivity index (χ1n) is 5.72. The molecule has 1 aliphatic heterocycles. The van der Waals surface area contributed by atoms with Gasteiger partial charge in [-0.1, -0.05) is 0 Å². The van der Waals surface area contributed by atoms with Gasteiger partial charge in [-0.25, -0.2) is 0 Å². The molecule has 0 spiro atoms. The lowest BCUT2D eigenvalue weighted by Crippen LogP contribution is -2.40. The SMILES string of the molecule is CNCC1CCCN1C(=O)CCCSC.Cl. The third-order valence-corrected chi connectivity index (χ3v) is 3.57. The number of likely N-dealkylation sites (tertiary alicyclic amines) is 1. The van der Waals surface area contributed by atoms with Crippen molar-refractivity contribution in [1.82, 2.24) is 10.2 Å². The third kappa shape index (κ3) is 4.93. The molecule has 1 N–H and O–H groups in total. The maximum absolute atomic E-state index is 11.9. The fourth-order valence-corrected chi connectivity index (χ4v) is 2.56. The molecule has 0 aromatic rings. The van der Waals surface area contributed by atoms with Crippen LogP contribution < -0.4 is 5.32 Å². The Balaban J connectivity index is 0.00000225. The number of nitrogens with zero attached hydrogens (tertiary/aromatic N) is 1. The minimum Gasteiger partial charge on any atom is -0.338 e. The molecule has 1 amide bonds. The van der Waals surface area contributed by atoms with Gasteiger partial charge in [0.2, 0.25) is 5.91 Å². The van der Waals surface area contributed by atoms with Crippen molar-refractivity contribution in [3.8, 4) is 0 Å². The largest absolute Gasteiger partial charge is 0.338 e. The van der Waals surface area contributed by atoms with Crippen LogP contribution in [-0.4, -0.2) is 49.0 Å². The van der Waals surface area contributed by atoms with E-state index in [1.165, 1.54) is 6.42 Å². The van der Waals surface area contributed by atoms with Crippen LogP contribution in [0.4, 0.5) is 0 Å². The summed E-state index contributed by atoms with van der Waals surface area (Å²) < 4.78 is 0. The average molecular weight is 267 g/mol. The van der Waals surface area contributed by atoms with Crippen LogP contribution in [0, 0.1) is 0 Å². The maximum atomic E-state index is 11.9. The van der Waals surface area contributed by atoms with Gasteiger partial charge in [-0.2, -0.15) is 11.8 Å². The molecule has 0 radical (unpaired) electrons. The van der Waals surface area contributed by atoms with Gasteiger partial charge in [-0.05, 0) is 38.3 Å². The van der Waals surface area contributed by atoms with Crippen molar-refractivity contribution in [2.75, 3.05) is 32.1 Å². The standard InChI is InChI=1S/C11H22N2OS.ClH/c1-12-9-10-5-3-7-13(10)11(14)6-4-8-15-2;/h10,12H,3-9H2,1-2H3;1H. The van der Waals surface area contributed by atoms with E-state index in [4.69, 9.17) is 0 Å². The molecule has 1 unspecified atom stereocenters. The van der Waals surface area contributed by atoms with Crippen LogP contribution >= 0.6 is 24.2 Å². The molecule has 1 fully saturated rings. The van der Waals surface area contributed by atoms with E-state index in [9.17, 15) is 4.79 Å². The molecule has 0 bridgehead atoms. The number of thioether (sulfide) groups is 1. The number of carbonyl (C=O) groups excluding carboxylic acids is 1. The van der Waals surface area contributed by atoms with E-state index in [1.54, 1.807) is 0 Å². The van der Waals surface area contributed by atoms with Gasteiger partial charge in [0.15, 0.2) is 0 Å². The Morgan fingerprint density at radius 2 is 2.31 bits per heavy atom.